The molecule has 0 aromatic heterocycles. The van der Waals surface area contributed by atoms with E-state index in [1.54, 1.807) is 11.1 Å². The van der Waals surface area contributed by atoms with Crippen molar-refractivity contribution >= 4 is 11.4 Å². The number of hydrogen-bond acceptors (Lipinski definition) is 6. The minimum atomic E-state index is -0.709. The van der Waals surface area contributed by atoms with E-state index in [0.717, 1.165) is 0 Å². The maximum atomic E-state index is 11.1. The molecule has 0 spiro atoms. The number of hydroxylamine groups is 2. The van der Waals surface area contributed by atoms with E-state index < -0.39 is 16.4 Å². The molecule has 3 aliphatic heterocycles. The summed E-state index contributed by atoms with van der Waals surface area (Å²) >= 11 is 0. The van der Waals surface area contributed by atoms with Gasteiger partial charge >= 0.3 is 0 Å². The number of rotatable bonds is 2. The maximum absolute atomic E-state index is 11.1. The fourth-order valence-corrected chi connectivity index (χ4v) is 2.93. The van der Waals surface area contributed by atoms with E-state index in [-0.39, 0.29) is 5.69 Å². The predicted octanol–water partition coefficient (Wildman–Crippen LogP) is 2.56. The molecule has 22 heavy (non-hydrogen) atoms. The summed E-state index contributed by atoms with van der Waals surface area (Å²) < 4.78 is 5.96. The molecule has 7 nitrogen and oxygen atoms in total. The Hall–Kier alpha value is -2.54. The quantitative estimate of drug-likeness (QED) is 0.475. The van der Waals surface area contributed by atoms with E-state index in [1.165, 1.54) is 12.1 Å². The Bertz CT molecular complexity index is 727. The first kappa shape index (κ1) is 13.1. The Morgan fingerprint density at radius 2 is 2.14 bits per heavy atom. The van der Waals surface area contributed by atoms with E-state index >= 15 is 0 Å². The van der Waals surface area contributed by atoms with Crippen LogP contribution in [0.2, 0.25) is 0 Å². The number of allylic oxidation sites excluding steroid dienone is 2. The lowest BCUT2D eigenvalue weighted by Crippen LogP contribution is -2.53. The molecule has 1 aromatic carbocycles. The Labute approximate surface area is 127 Å². The van der Waals surface area contributed by atoms with Crippen LogP contribution in [-0.2, 0) is 4.84 Å². The van der Waals surface area contributed by atoms with Gasteiger partial charge in [-0.1, -0.05) is 6.08 Å². The molecule has 4 rings (SSSR count). The first-order valence-electron chi connectivity index (χ1n) is 7.01. The zero-order valence-corrected chi connectivity index (χ0v) is 12.2. The second-order valence-corrected chi connectivity index (χ2v) is 6.13. The third-order valence-electron chi connectivity index (χ3n) is 3.92. The van der Waals surface area contributed by atoms with E-state index in [9.17, 15) is 10.1 Å². The van der Waals surface area contributed by atoms with Gasteiger partial charge in [-0.2, -0.15) is 5.06 Å². The van der Waals surface area contributed by atoms with Gasteiger partial charge in [0.25, 0.3) is 11.5 Å². The summed E-state index contributed by atoms with van der Waals surface area (Å²) in [5, 5.41) is 12.8. The minimum Gasteiger partial charge on any atom is -0.484 e. The van der Waals surface area contributed by atoms with Gasteiger partial charge in [-0.15, -0.1) is 0 Å². The lowest BCUT2D eigenvalue weighted by atomic mass is 10.0. The highest BCUT2D eigenvalue weighted by molar-refractivity contribution is 5.67. The molecule has 1 saturated heterocycles. The van der Waals surface area contributed by atoms with Gasteiger partial charge in [-0.3, -0.25) is 10.1 Å². The zero-order valence-electron chi connectivity index (χ0n) is 12.2. The monoisotopic (exact) mass is 301 g/mol. The Morgan fingerprint density at radius 1 is 1.32 bits per heavy atom. The van der Waals surface area contributed by atoms with Gasteiger partial charge in [0, 0.05) is 18.3 Å². The molecule has 1 atom stereocenters. The Kier molecular flexibility index (Phi) is 2.40. The highest BCUT2D eigenvalue weighted by Gasteiger charge is 2.60. The topological polar surface area (TPSA) is 71.2 Å². The highest BCUT2D eigenvalue weighted by Crippen LogP contribution is 2.50. The fraction of sp³-hybridized carbons (Fsp3) is 0.333. The third-order valence-corrected chi connectivity index (χ3v) is 3.92. The van der Waals surface area contributed by atoms with Crippen LogP contribution in [0.5, 0.6) is 5.75 Å². The normalized spacial score (nSPS) is 27.0. The van der Waals surface area contributed by atoms with Crippen molar-refractivity contribution in [2.24, 2.45) is 0 Å². The van der Waals surface area contributed by atoms with Gasteiger partial charge in [-0.25, -0.2) is 4.84 Å². The van der Waals surface area contributed by atoms with Gasteiger partial charge in [-0.05, 0) is 32.1 Å². The number of nitrogens with zero attached hydrogens (tertiary/aromatic N) is 3. The van der Waals surface area contributed by atoms with E-state index in [2.05, 4.69) is 0 Å². The van der Waals surface area contributed by atoms with Gasteiger partial charge in [0.15, 0.2) is 0 Å². The van der Waals surface area contributed by atoms with Crippen LogP contribution >= 0.6 is 0 Å². The molecule has 0 amide bonds. The number of fused-ring (bicyclic) bond motifs is 2. The largest absolute Gasteiger partial charge is 0.484 e. The maximum Gasteiger partial charge on any atom is 0.288 e. The number of non-ortho nitro benzene ring substituents is 1. The third kappa shape index (κ3) is 1.79. The number of nitro groups is 1. The molecule has 1 fully saturated rings. The second-order valence-electron chi connectivity index (χ2n) is 6.13. The number of hydrogen-bond donors (Lipinski definition) is 0. The number of ether oxygens (including phenoxy) is 1. The second kappa shape index (κ2) is 4.01. The van der Waals surface area contributed by atoms with Crippen LogP contribution in [0.15, 0.2) is 42.6 Å². The molecule has 1 unspecified atom stereocenters. The van der Waals surface area contributed by atoms with E-state index in [0.29, 0.717) is 18.0 Å². The van der Waals surface area contributed by atoms with Gasteiger partial charge < -0.3 is 9.64 Å². The van der Waals surface area contributed by atoms with Crippen LogP contribution < -0.4 is 9.64 Å². The molecule has 0 radical (unpaired) electrons. The summed E-state index contributed by atoms with van der Waals surface area (Å²) in [6.45, 7) is 4.52. The highest BCUT2D eigenvalue weighted by atomic mass is 16.9. The van der Waals surface area contributed by atoms with E-state index in [1.807, 2.05) is 43.2 Å². The Balaban J connectivity index is 1.83. The molecular weight excluding hydrogens is 286 g/mol. The summed E-state index contributed by atoms with van der Waals surface area (Å²) in [5.74, 6) is -0.0885. The van der Waals surface area contributed by atoms with Crippen molar-refractivity contribution in [2.45, 2.75) is 25.3 Å². The summed E-state index contributed by atoms with van der Waals surface area (Å²) in [6, 6.07) is 4.64. The lowest BCUT2D eigenvalue weighted by molar-refractivity contribution is -0.384. The molecule has 7 heteroatoms. The molecule has 0 aliphatic carbocycles. The van der Waals surface area contributed by atoms with Crippen LogP contribution in [0.3, 0.4) is 0 Å². The average Bonchev–Trinajstić information content (AvgIpc) is 3.20. The van der Waals surface area contributed by atoms with Crippen molar-refractivity contribution in [3.05, 3.63) is 52.7 Å². The molecule has 0 bridgehead atoms. The molecule has 114 valence electrons. The van der Waals surface area contributed by atoms with Crippen molar-refractivity contribution in [2.75, 3.05) is 11.4 Å². The first-order chi connectivity index (χ1) is 10.4. The molecule has 0 saturated carbocycles. The SMILES string of the molecule is CC1(C)CN(C23C=CC=CN2O3)c2cc([N+](=O)[O-])ccc2O1. The smallest absolute Gasteiger partial charge is 0.288 e. The number of benzene rings is 1. The minimum absolute atomic E-state index is 0.0333. The summed E-state index contributed by atoms with van der Waals surface area (Å²) in [7, 11) is 0. The predicted molar refractivity (Wildman–Crippen MR) is 79.1 cm³/mol. The molecule has 3 heterocycles. The van der Waals surface area contributed by atoms with Gasteiger partial charge in [0.05, 0.1) is 17.2 Å². The molecular formula is C15H15N3O4. The van der Waals surface area contributed by atoms with Crippen LogP contribution in [-0.4, -0.2) is 28.0 Å². The summed E-state index contributed by atoms with van der Waals surface area (Å²) in [6.07, 6.45) is 7.55. The number of nitro benzene ring substituents is 1. The fourth-order valence-electron chi connectivity index (χ4n) is 2.93. The summed E-state index contributed by atoms with van der Waals surface area (Å²) in [5.41, 5.74) is 0.270. The van der Waals surface area contributed by atoms with Crippen molar-refractivity contribution < 1.29 is 14.5 Å². The van der Waals surface area contributed by atoms with Crippen molar-refractivity contribution in [1.82, 2.24) is 5.06 Å². The van der Waals surface area contributed by atoms with Gasteiger partial charge in [0.2, 0.25) is 0 Å². The van der Waals surface area contributed by atoms with Crippen LogP contribution in [0, 0.1) is 10.1 Å². The van der Waals surface area contributed by atoms with Crippen molar-refractivity contribution in [1.29, 1.82) is 0 Å². The first-order valence-corrected chi connectivity index (χ1v) is 7.01. The standard InChI is InChI=1S/C15H15N3O4/c1-14(2)10-16(15-7-3-4-8-17(15)22-15)12-9-11(18(19)20)5-6-13(12)21-14/h3-9H,10H2,1-2H3. The molecule has 3 aliphatic rings. The van der Waals surface area contributed by atoms with Gasteiger partial charge in [0.1, 0.15) is 11.4 Å². The van der Waals surface area contributed by atoms with Crippen LogP contribution in [0.4, 0.5) is 11.4 Å². The zero-order chi connectivity index (χ0) is 15.5. The van der Waals surface area contributed by atoms with Crippen molar-refractivity contribution in [3.8, 4) is 5.75 Å². The van der Waals surface area contributed by atoms with Crippen molar-refractivity contribution in [3.63, 3.8) is 0 Å². The summed E-state index contributed by atoms with van der Waals surface area (Å²) in [4.78, 5) is 18.4. The average molecular weight is 301 g/mol. The number of anilines is 1. The van der Waals surface area contributed by atoms with Crippen LogP contribution in [0.1, 0.15) is 13.8 Å². The molecule has 1 aromatic rings. The lowest BCUT2D eigenvalue weighted by Gasteiger charge is -2.42. The Morgan fingerprint density at radius 3 is 2.86 bits per heavy atom. The van der Waals surface area contributed by atoms with E-state index in [4.69, 9.17) is 9.57 Å². The molecule has 0 N–H and O–H groups in total. The van der Waals surface area contributed by atoms with Crippen LogP contribution in [0.25, 0.3) is 0 Å².